The van der Waals surface area contributed by atoms with Gasteiger partial charge in [-0.3, -0.25) is 0 Å². The highest BCUT2D eigenvalue weighted by molar-refractivity contribution is 7.89. The molecule has 0 saturated heterocycles. The third-order valence-electron chi connectivity index (χ3n) is 4.38. The Hall–Kier alpha value is -1.60. The van der Waals surface area contributed by atoms with Crippen molar-refractivity contribution >= 4 is 16.1 Å². The normalized spacial score (nSPS) is 15.3. The van der Waals surface area contributed by atoms with Gasteiger partial charge in [0.05, 0.1) is 12.4 Å². The average molecular weight is 368 g/mol. The van der Waals surface area contributed by atoms with Crippen LogP contribution in [0.25, 0.3) is 0 Å². The fourth-order valence-electron chi connectivity index (χ4n) is 2.99. The smallest absolute Gasteiger partial charge is 0.409 e. The van der Waals surface area contributed by atoms with Crippen molar-refractivity contribution < 1.29 is 17.9 Å². The van der Waals surface area contributed by atoms with Crippen molar-refractivity contribution in [1.29, 1.82) is 0 Å². The molecule has 1 fully saturated rings. The number of nitrogens with one attached hydrogen (secondary N) is 1. The van der Waals surface area contributed by atoms with E-state index in [0.29, 0.717) is 19.6 Å². The van der Waals surface area contributed by atoms with E-state index >= 15 is 0 Å². The zero-order valence-electron chi connectivity index (χ0n) is 15.0. The van der Waals surface area contributed by atoms with Gasteiger partial charge in [0.1, 0.15) is 0 Å². The topological polar surface area (TPSA) is 75.7 Å². The molecule has 0 heterocycles. The van der Waals surface area contributed by atoms with E-state index in [0.717, 1.165) is 36.8 Å². The second-order valence-electron chi connectivity index (χ2n) is 6.54. The van der Waals surface area contributed by atoms with Crippen molar-refractivity contribution in [2.24, 2.45) is 0 Å². The highest BCUT2D eigenvalue weighted by atomic mass is 32.2. The number of carbonyl (C=O) groups excluding carboxylic acids is 1. The molecule has 0 atom stereocenters. The Morgan fingerprint density at radius 3 is 2.40 bits per heavy atom. The maximum atomic E-state index is 12.1. The minimum Gasteiger partial charge on any atom is -0.450 e. The molecule has 1 saturated carbocycles. The molecule has 2 rings (SSSR count). The number of rotatable bonds is 8. The van der Waals surface area contributed by atoms with Crippen molar-refractivity contribution in [2.75, 3.05) is 19.4 Å². The van der Waals surface area contributed by atoms with E-state index in [1.165, 1.54) is 4.90 Å². The summed E-state index contributed by atoms with van der Waals surface area (Å²) in [4.78, 5) is 13.1. The number of carbonyl (C=O) groups is 1. The first-order chi connectivity index (χ1) is 11.9. The number of hydrogen-bond donors (Lipinski definition) is 1. The molecule has 1 amide bonds. The number of ether oxygens (including phenoxy) is 1. The summed E-state index contributed by atoms with van der Waals surface area (Å²) in [5.74, 6) is 0.103. The number of amides is 1. The number of aryl methyl sites for hydroxylation is 1. The quantitative estimate of drug-likeness (QED) is 0.765. The maximum absolute atomic E-state index is 12.1. The van der Waals surface area contributed by atoms with Crippen molar-refractivity contribution in [3.8, 4) is 0 Å². The van der Waals surface area contributed by atoms with Gasteiger partial charge in [-0.15, -0.1) is 0 Å². The van der Waals surface area contributed by atoms with E-state index in [9.17, 15) is 13.2 Å². The summed E-state index contributed by atoms with van der Waals surface area (Å²) >= 11 is 0. The van der Waals surface area contributed by atoms with Gasteiger partial charge >= 0.3 is 6.09 Å². The van der Waals surface area contributed by atoms with Crippen LogP contribution in [-0.4, -0.2) is 44.9 Å². The first-order valence-electron chi connectivity index (χ1n) is 8.85. The van der Waals surface area contributed by atoms with Crippen LogP contribution in [0.5, 0.6) is 0 Å². The molecule has 0 aliphatic heterocycles. The number of hydrogen-bond acceptors (Lipinski definition) is 4. The Labute approximate surface area is 150 Å². The van der Waals surface area contributed by atoms with Gasteiger partial charge in [0, 0.05) is 19.6 Å². The molecule has 0 radical (unpaired) electrons. The van der Waals surface area contributed by atoms with Gasteiger partial charge < -0.3 is 9.64 Å². The van der Waals surface area contributed by atoms with E-state index in [2.05, 4.69) is 4.72 Å². The van der Waals surface area contributed by atoms with Crippen LogP contribution in [0, 0.1) is 0 Å². The molecule has 1 N–H and O–H groups in total. The van der Waals surface area contributed by atoms with Gasteiger partial charge in [-0.1, -0.05) is 37.1 Å². The molecule has 1 aromatic rings. The molecule has 25 heavy (non-hydrogen) atoms. The van der Waals surface area contributed by atoms with Gasteiger partial charge in [0.2, 0.25) is 10.0 Å². The molecular weight excluding hydrogens is 340 g/mol. The van der Waals surface area contributed by atoms with E-state index in [4.69, 9.17) is 4.74 Å². The molecule has 1 aromatic carbocycles. The number of sulfonamides is 1. The van der Waals surface area contributed by atoms with Crippen LogP contribution in [-0.2, 0) is 27.7 Å². The molecule has 0 aromatic heterocycles. The van der Waals surface area contributed by atoms with E-state index < -0.39 is 10.0 Å². The fourth-order valence-corrected chi connectivity index (χ4v) is 4.36. The Morgan fingerprint density at radius 2 is 1.80 bits per heavy atom. The lowest BCUT2D eigenvalue weighted by Gasteiger charge is -2.16. The van der Waals surface area contributed by atoms with Gasteiger partial charge in [0.15, 0.2) is 0 Å². The van der Waals surface area contributed by atoms with Crippen molar-refractivity contribution in [1.82, 2.24) is 9.62 Å². The van der Waals surface area contributed by atoms with Crippen LogP contribution in [0.15, 0.2) is 24.3 Å². The second-order valence-corrected chi connectivity index (χ2v) is 8.41. The van der Waals surface area contributed by atoms with Crippen LogP contribution in [0.2, 0.25) is 0 Å². The molecule has 6 nitrogen and oxygen atoms in total. The molecule has 0 spiro atoms. The Morgan fingerprint density at radius 1 is 1.20 bits per heavy atom. The monoisotopic (exact) mass is 368 g/mol. The van der Waals surface area contributed by atoms with Crippen LogP contribution in [0.1, 0.15) is 43.7 Å². The van der Waals surface area contributed by atoms with Crippen LogP contribution in [0.3, 0.4) is 0 Å². The maximum Gasteiger partial charge on any atom is 0.409 e. The molecule has 0 unspecified atom stereocenters. The van der Waals surface area contributed by atoms with Gasteiger partial charge in [-0.05, 0) is 37.3 Å². The van der Waals surface area contributed by atoms with Crippen molar-refractivity contribution in [3.63, 3.8) is 0 Å². The summed E-state index contributed by atoms with van der Waals surface area (Å²) in [6, 6.07) is 7.79. The summed E-state index contributed by atoms with van der Waals surface area (Å²) in [6.07, 6.45) is 4.24. The Balaban J connectivity index is 1.82. The lowest BCUT2D eigenvalue weighted by molar-refractivity contribution is 0.114. The summed E-state index contributed by atoms with van der Waals surface area (Å²) in [6.45, 7) is 2.59. The van der Waals surface area contributed by atoms with E-state index in [1.807, 2.05) is 24.3 Å². The summed E-state index contributed by atoms with van der Waals surface area (Å²) < 4.78 is 32.0. The minimum absolute atomic E-state index is 0.103. The van der Waals surface area contributed by atoms with E-state index in [1.54, 1.807) is 14.0 Å². The summed E-state index contributed by atoms with van der Waals surface area (Å²) in [7, 11) is -1.54. The molecule has 0 bridgehead atoms. The highest BCUT2D eigenvalue weighted by Crippen LogP contribution is 2.18. The molecular formula is C18H28N2O4S. The number of nitrogens with zero attached hydrogens (tertiary/aromatic N) is 1. The standard InChI is InChI=1S/C18H28N2O4S/c1-3-24-18(21)20(2)14-16-10-8-15(9-11-16)12-13-25(22,23)19-17-6-4-5-7-17/h8-11,17,19H,3-7,12-14H2,1-2H3. The van der Waals surface area contributed by atoms with Gasteiger partial charge in [-0.25, -0.2) is 17.9 Å². The first kappa shape index (κ1) is 19.7. The second kappa shape index (κ2) is 9.20. The van der Waals surface area contributed by atoms with Crippen molar-refractivity contribution in [3.05, 3.63) is 35.4 Å². The molecule has 1 aliphatic rings. The van der Waals surface area contributed by atoms with Gasteiger partial charge in [0.25, 0.3) is 0 Å². The predicted octanol–water partition coefficient (Wildman–Crippen LogP) is 2.68. The van der Waals surface area contributed by atoms with Crippen molar-refractivity contribution in [2.45, 2.75) is 51.6 Å². The SMILES string of the molecule is CCOC(=O)N(C)Cc1ccc(CCS(=O)(=O)NC2CCCC2)cc1. The number of benzene rings is 1. The summed E-state index contributed by atoms with van der Waals surface area (Å²) in [5, 5.41) is 0. The zero-order chi connectivity index (χ0) is 18.3. The molecule has 1 aliphatic carbocycles. The van der Waals surface area contributed by atoms with Crippen LogP contribution >= 0.6 is 0 Å². The zero-order valence-corrected chi connectivity index (χ0v) is 15.8. The average Bonchev–Trinajstić information content (AvgIpc) is 3.06. The minimum atomic E-state index is -3.23. The lowest BCUT2D eigenvalue weighted by atomic mass is 10.1. The fraction of sp³-hybridized carbons (Fsp3) is 0.611. The largest absolute Gasteiger partial charge is 0.450 e. The molecule has 7 heteroatoms. The first-order valence-corrected chi connectivity index (χ1v) is 10.5. The molecule has 140 valence electrons. The Bertz CT molecular complexity index is 652. The van der Waals surface area contributed by atoms with Crippen LogP contribution < -0.4 is 4.72 Å². The lowest BCUT2D eigenvalue weighted by Crippen LogP contribution is -2.34. The summed E-state index contributed by atoms with van der Waals surface area (Å²) in [5.41, 5.74) is 1.95. The third kappa shape index (κ3) is 6.66. The third-order valence-corrected chi connectivity index (χ3v) is 5.82. The highest BCUT2D eigenvalue weighted by Gasteiger charge is 2.21. The van der Waals surface area contributed by atoms with Gasteiger partial charge in [-0.2, -0.15) is 0 Å². The van der Waals surface area contributed by atoms with Crippen LogP contribution in [0.4, 0.5) is 4.79 Å². The van der Waals surface area contributed by atoms with E-state index in [-0.39, 0.29) is 17.9 Å². The predicted molar refractivity (Wildman–Crippen MR) is 97.8 cm³/mol. The Kier molecular flexibility index (Phi) is 7.25.